The summed E-state index contributed by atoms with van der Waals surface area (Å²) in [4.78, 5) is 11.9. The third kappa shape index (κ3) is 3.67. The van der Waals surface area contributed by atoms with Gasteiger partial charge in [-0.1, -0.05) is 0 Å². The second-order valence-electron chi connectivity index (χ2n) is 3.66. The number of benzene rings is 1. The van der Waals surface area contributed by atoms with Crippen LogP contribution < -0.4 is 4.90 Å². The van der Waals surface area contributed by atoms with E-state index in [1.54, 1.807) is 19.1 Å². The fraction of sp³-hybridized carbons (Fsp3) is 0.455. The van der Waals surface area contributed by atoms with Gasteiger partial charge in [0.25, 0.3) is 5.69 Å². The lowest BCUT2D eigenvalue weighted by Crippen LogP contribution is -2.20. The van der Waals surface area contributed by atoms with Crippen molar-refractivity contribution in [3.8, 4) is 0 Å². The maximum absolute atomic E-state index is 12.9. The van der Waals surface area contributed by atoms with Gasteiger partial charge in [-0.05, 0) is 18.6 Å². The van der Waals surface area contributed by atoms with Crippen LogP contribution in [0.4, 0.5) is 15.8 Å². The van der Waals surface area contributed by atoms with E-state index in [9.17, 15) is 14.5 Å². The fourth-order valence-corrected chi connectivity index (χ4v) is 1.53. The Kier molecular flexibility index (Phi) is 4.84. The molecule has 1 aromatic carbocycles. The molecular formula is C11H15FN2O3. The van der Waals surface area contributed by atoms with Crippen LogP contribution in [0, 0.1) is 15.9 Å². The van der Waals surface area contributed by atoms with Gasteiger partial charge in [0.05, 0.1) is 11.0 Å². The third-order valence-corrected chi connectivity index (χ3v) is 2.39. The number of rotatable bonds is 6. The molecule has 0 heterocycles. The molecule has 0 unspecified atom stereocenters. The Bertz CT molecular complexity index is 398. The number of nitro groups is 1. The number of nitro benzene ring substituents is 1. The Hall–Kier alpha value is -1.69. The van der Waals surface area contributed by atoms with Crippen LogP contribution in [-0.2, 0) is 4.74 Å². The van der Waals surface area contributed by atoms with Crippen molar-refractivity contribution in [1.29, 1.82) is 0 Å². The molecule has 0 N–H and O–H groups in total. The van der Waals surface area contributed by atoms with Crippen molar-refractivity contribution >= 4 is 11.4 Å². The molecule has 0 fully saturated rings. The average Bonchev–Trinajstić information content (AvgIpc) is 2.29. The molecule has 0 radical (unpaired) electrons. The van der Waals surface area contributed by atoms with E-state index in [1.165, 1.54) is 12.1 Å². The highest BCUT2D eigenvalue weighted by Crippen LogP contribution is 2.27. The highest BCUT2D eigenvalue weighted by atomic mass is 19.1. The molecule has 94 valence electrons. The molecule has 0 amide bonds. The molecule has 5 nitrogen and oxygen atoms in total. The van der Waals surface area contributed by atoms with Crippen LogP contribution in [-0.4, -0.2) is 32.2 Å². The van der Waals surface area contributed by atoms with Gasteiger partial charge in [0.1, 0.15) is 11.5 Å². The van der Waals surface area contributed by atoms with Gasteiger partial charge in [-0.2, -0.15) is 0 Å². The zero-order chi connectivity index (χ0) is 12.8. The smallest absolute Gasteiger partial charge is 0.295 e. The van der Waals surface area contributed by atoms with E-state index in [0.29, 0.717) is 18.8 Å². The molecule has 0 aliphatic heterocycles. The first-order chi connectivity index (χ1) is 8.06. The summed E-state index contributed by atoms with van der Waals surface area (Å²) in [6.45, 7) is 1.19. The summed E-state index contributed by atoms with van der Waals surface area (Å²) >= 11 is 0. The van der Waals surface area contributed by atoms with E-state index in [0.717, 1.165) is 12.5 Å². The molecule has 0 aliphatic carbocycles. The molecule has 0 bridgehead atoms. The molecule has 0 aliphatic rings. The largest absolute Gasteiger partial charge is 0.385 e. The minimum absolute atomic E-state index is 0.218. The van der Waals surface area contributed by atoms with Crippen LogP contribution in [0.2, 0.25) is 0 Å². The standard InChI is InChI=1S/C11H15FN2O3/c1-13(6-3-7-17-2)10-5-4-9(12)8-11(10)14(15)16/h4-5,8H,3,6-7H2,1-2H3. The van der Waals surface area contributed by atoms with Crippen molar-refractivity contribution in [2.45, 2.75) is 6.42 Å². The van der Waals surface area contributed by atoms with E-state index in [-0.39, 0.29) is 5.69 Å². The van der Waals surface area contributed by atoms with Crippen molar-refractivity contribution in [3.63, 3.8) is 0 Å². The maximum atomic E-state index is 12.9. The van der Waals surface area contributed by atoms with Crippen molar-refractivity contribution in [2.75, 3.05) is 32.2 Å². The lowest BCUT2D eigenvalue weighted by atomic mass is 10.2. The van der Waals surface area contributed by atoms with Crippen LogP contribution >= 0.6 is 0 Å². The molecular weight excluding hydrogens is 227 g/mol. The molecule has 6 heteroatoms. The topological polar surface area (TPSA) is 55.6 Å². The van der Waals surface area contributed by atoms with Crippen LogP contribution in [0.15, 0.2) is 18.2 Å². The Morgan fingerprint density at radius 3 is 2.82 bits per heavy atom. The maximum Gasteiger partial charge on any atom is 0.295 e. The van der Waals surface area contributed by atoms with Gasteiger partial charge in [0.2, 0.25) is 0 Å². The van der Waals surface area contributed by atoms with Crippen molar-refractivity contribution in [3.05, 3.63) is 34.1 Å². The second kappa shape index (κ2) is 6.15. The normalized spacial score (nSPS) is 10.3. The zero-order valence-electron chi connectivity index (χ0n) is 9.85. The van der Waals surface area contributed by atoms with Gasteiger partial charge in [0.15, 0.2) is 0 Å². The average molecular weight is 242 g/mol. The van der Waals surface area contributed by atoms with E-state index in [4.69, 9.17) is 4.74 Å². The summed E-state index contributed by atoms with van der Waals surface area (Å²) in [5.74, 6) is -0.606. The van der Waals surface area contributed by atoms with E-state index in [2.05, 4.69) is 0 Å². The first-order valence-corrected chi connectivity index (χ1v) is 5.20. The Morgan fingerprint density at radius 2 is 2.24 bits per heavy atom. The third-order valence-electron chi connectivity index (χ3n) is 2.39. The van der Waals surface area contributed by atoms with Gasteiger partial charge in [-0.25, -0.2) is 4.39 Å². The molecule has 0 aromatic heterocycles. The highest BCUT2D eigenvalue weighted by Gasteiger charge is 2.17. The Morgan fingerprint density at radius 1 is 1.53 bits per heavy atom. The van der Waals surface area contributed by atoms with Gasteiger partial charge in [-0.15, -0.1) is 0 Å². The summed E-state index contributed by atoms with van der Waals surface area (Å²) in [7, 11) is 3.33. The van der Waals surface area contributed by atoms with Crippen LogP contribution in [0.25, 0.3) is 0 Å². The van der Waals surface area contributed by atoms with Gasteiger partial charge >= 0.3 is 0 Å². The molecule has 0 spiro atoms. The molecule has 17 heavy (non-hydrogen) atoms. The molecule has 1 rings (SSSR count). The predicted molar refractivity (Wildman–Crippen MR) is 62.8 cm³/mol. The summed E-state index contributed by atoms with van der Waals surface area (Å²) < 4.78 is 17.8. The summed E-state index contributed by atoms with van der Waals surface area (Å²) in [6.07, 6.45) is 0.752. The van der Waals surface area contributed by atoms with Gasteiger partial charge in [0, 0.05) is 27.3 Å². The van der Waals surface area contributed by atoms with Gasteiger partial charge < -0.3 is 9.64 Å². The Labute approximate surface area is 98.9 Å². The summed E-state index contributed by atoms with van der Waals surface area (Å²) in [5, 5.41) is 10.8. The quantitative estimate of drug-likeness (QED) is 0.436. The number of methoxy groups -OCH3 is 1. The first kappa shape index (κ1) is 13.4. The fourth-order valence-electron chi connectivity index (χ4n) is 1.53. The molecule has 0 atom stereocenters. The first-order valence-electron chi connectivity index (χ1n) is 5.20. The summed E-state index contributed by atoms with van der Waals surface area (Å²) in [5.41, 5.74) is 0.192. The molecule has 1 aromatic rings. The Balaban J connectivity index is 2.84. The number of anilines is 1. The number of ether oxygens (including phenoxy) is 1. The number of halogens is 1. The summed E-state index contributed by atoms with van der Waals surface area (Å²) in [6, 6.07) is 3.57. The predicted octanol–water partition coefficient (Wildman–Crippen LogP) is 2.21. The minimum Gasteiger partial charge on any atom is -0.385 e. The van der Waals surface area contributed by atoms with Crippen LogP contribution in [0.1, 0.15) is 6.42 Å². The van der Waals surface area contributed by atoms with Crippen molar-refractivity contribution in [2.24, 2.45) is 0 Å². The molecule has 0 saturated carbocycles. The highest BCUT2D eigenvalue weighted by molar-refractivity contribution is 5.62. The van der Waals surface area contributed by atoms with Crippen molar-refractivity contribution < 1.29 is 14.1 Å². The van der Waals surface area contributed by atoms with E-state index < -0.39 is 10.7 Å². The SMILES string of the molecule is COCCCN(C)c1ccc(F)cc1[N+](=O)[O-]. The van der Waals surface area contributed by atoms with Crippen LogP contribution in [0.5, 0.6) is 0 Å². The number of nitrogens with zero attached hydrogens (tertiary/aromatic N) is 2. The number of hydrogen-bond donors (Lipinski definition) is 0. The molecule has 0 saturated heterocycles. The lowest BCUT2D eigenvalue weighted by Gasteiger charge is -2.18. The lowest BCUT2D eigenvalue weighted by molar-refractivity contribution is -0.384. The monoisotopic (exact) mass is 242 g/mol. The van der Waals surface area contributed by atoms with Crippen molar-refractivity contribution in [1.82, 2.24) is 0 Å². The number of hydrogen-bond acceptors (Lipinski definition) is 4. The zero-order valence-corrected chi connectivity index (χ0v) is 9.85. The van der Waals surface area contributed by atoms with Gasteiger partial charge in [-0.3, -0.25) is 10.1 Å². The minimum atomic E-state index is -0.606. The van der Waals surface area contributed by atoms with Crippen LogP contribution in [0.3, 0.4) is 0 Å². The van der Waals surface area contributed by atoms with E-state index >= 15 is 0 Å². The second-order valence-corrected chi connectivity index (χ2v) is 3.66. The van der Waals surface area contributed by atoms with E-state index in [1.807, 2.05) is 0 Å².